The normalized spacial score (nSPS) is 16.3. The van der Waals surface area contributed by atoms with Crippen molar-refractivity contribution in [2.75, 3.05) is 30.2 Å². The minimum Gasteiger partial charge on any atom is -0.341 e. The Kier molecular flexibility index (Phi) is 5.81. The summed E-state index contributed by atoms with van der Waals surface area (Å²) < 4.78 is 25.7. The molecule has 1 amide bonds. The number of piperidine rings is 1. The molecule has 2 rings (SSSR count). The molecule has 0 bridgehead atoms. The smallest absolute Gasteiger partial charge is 0.243 e. The van der Waals surface area contributed by atoms with Crippen LogP contribution in [-0.2, 0) is 14.8 Å². The highest BCUT2D eigenvalue weighted by Crippen LogP contribution is 2.32. The average molecular weight is 373 g/mol. The van der Waals surface area contributed by atoms with Crippen LogP contribution < -0.4 is 4.31 Å². The summed E-state index contributed by atoms with van der Waals surface area (Å²) in [5, 5.41) is 0.345. The molecule has 0 aliphatic carbocycles. The molecule has 1 aliphatic rings. The predicted molar refractivity (Wildman–Crippen MR) is 98.1 cm³/mol. The van der Waals surface area contributed by atoms with Gasteiger partial charge in [-0.25, -0.2) is 8.42 Å². The molecule has 0 saturated carbocycles. The molecule has 0 spiro atoms. The minimum absolute atomic E-state index is 0.177. The molecule has 0 radical (unpaired) electrons. The number of sulfonamides is 1. The lowest BCUT2D eigenvalue weighted by molar-refractivity contribution is -0.130. The summed E-state index contributed by atoms with van der Waals surface area (Å²) in [6.45, 7) is 7.01. The van der Waals surface area contributed by atoms with E-state index in [2.05, 4.69) is 6.92 Å². The van der Waals surface area contributed by atoms with Crippen molar-refractivity contribution in [2.45, 2.75) is 33.6 Å². The van der Waals surface area contributed by atoms with Crippen molar-refractivity contribution >= 4 is 33.2 Å². The molecular formula is C17H25ClN2O3S. The molecule has 1 heterocycles. The zero-order valence-electron chi connectivity index (χ0n) is 14.7. The van der Waals surface area contributed by atoms with Crippen LogP contribution in [0.15, 0.2) is 12.1 Å². The van der Waals surface area contributed by atoms with E-state index >= 15 is 0 Å². The molecular weight excluding hydrogens is 348 g/mol. The van der Waals surface area contributed by atoms with Crippen molar-refractivity contribution in [1.82, 2.24) is 4.90 Å². The number of carbonyl (C=O) groups is 1. The fourth-order valence-electron chi connectivity index (χ4n) is 3.07. The highest BCUT2D eigenvalue weighted by molar-refractivity contribution is 7.92. The van der Waals surface area contributed by atoms with Gasteiger partial charge in [-0.2, -0.15) is 0 Å². The number of nitrogens with zero attached hydrogens (tertiary/aromatic N) is 2. The van der Waals surface area contributed by atoms with Gasteiger partial charge in [-0.05, 0) is 49.8 Å². The molecule has 0 aromatic heterocycles. The second kappa shape index (κ2) is 7.31. The largest absolute Gasteiger partial charge is 0.341 e. The van der Waals surface area contributed by atoms with Crippen molar-refractivity contribution in [2.24, 2.45) is 5.92 Å². The van der Waals surface area contributed by atoms with E-state index in [1.807, 2.05) is 13.0 Å². The topological polar surface area (TPSA) is 57.7 Å². The number of benzene rings is 1. The number of hydrogen-bond donors (Lipinski definition) is 0. The van der Waals surface area contributed by atoms with Crippen LogP contribution in [0.1, 0.15) is 30.9 Å². The summed E-state index contributed by atoms with van der Waals surface area (Å²) in [4.78, 5) is 14.3. The van der Waals surface area contributed by atoms with Crippen molar-refractivity contribution in [3.8, 4) is 0 Å². The molecule has 1 saturated heterocycles. The van der Waals surface area contributed by atoms with Gasteiger partial charge in [0.05, 0.1) is 17.0 Å². The van der Waals surface area contributed by atoms with E-state index in [4.69, 9.17) is 11.6 Å². The first kappa shape index (κ1) is 19.1. The van der Waals surface area contributed by atoms with Gasteiger partial charge in [-0.1, -0.05) is 24.6 Å². The molecule has 1 fully saturated rings. The van der Waals surface area contributed by atoms with E-state index in [1.54, 1.807) is 17.9 Å². The first-order chi connectivity index (χ1) is 11.1. The molecule has 1 aromatic rings. The minimum atomic E-state index is -3.62. The van der Waals surface area contributed by atoms with Crippen LogP contribution in [0.4, 0.5) is 5.69 Å². The van der Waals surface area contributed by atoms with E-state index in [0.29, 0.717) is 29.7 Å². The van der Waals surface area contributed by atoms with Crippen LogP contribution in [0.5, 0.6) is 0 Å². The molecule has 5 nitrogen and oxygen atoms in total. The van der Waals surface area contributed by atoms with Gasteiger partial charge >= 0.3 is 0 Å². The number of amides is 1. The zero-order valence-corrected chi connectivity index (χ0v) is 16.2. The maximum atomic E-state index is 12.6. The van der Waals surface area contributed by atoms with Crippen LogP contribution in [0.2, 0.25) is 5.02 Å². The summed E-state index contributed by atoms with van der Waals surface area (Å²) in [5.74, 6) is 0.428. The summed E-state index contributed by atoms with van der Waals surface area (Å²) in [6, 6.07) is 3.58. The monoisotopic (exact) mass is 372 g/mol. The molecule has 1 aromatic carbocycles. The van der Waals surface area contributed by atoms with Gasteiger partial charge in [-0.3, -0.25) is 9.10 Å². The molecule has 0 atom stereocenters. The SMILES string of the molecule is Cc1cc(C)c(N(CC(=O)N2CCC(C)CC2)S(C)(=O)=O)c(Cl)c1. The third-order valence-electron chi connectivity index (χ3n) is 4.46. The quantitative estimate of drug-likeness (QED) is 0.816. The first-order valence-electron chi connectivity index (χ1n) is 8.12. The van der Waals surface area contributed by atoms with Crippen LogP contribution >= 0.6 is 11.6 Å². The van der Waals surface area contributed by atoms with Gasteiger partial charge in [-0.15, -0.1) is 0 Å². The van der Waals surface area contributed by atoms with Crippen molar-refractivity contribution < 1.29 is 13.2 Å². The van der Waals surface area contributed by atoms with Crippen LogP contribution in [0.25, 0.3) is 0 Å². The lowest BCUT2D eigenvalue weighted by Crippen LogP contribution is -2.45. The lowest BCUT2D eigenvalue weighted by atomic mass is 9.99. The molecule has 7 heteroatoms. The van der Waals surface area contributed by atoms with Gasteiger partial charge in [0.1, 0.15) is 6.54 Å². The Morgan fingerprint density at radius 1 is 1.29 bits per heavy atom. The Hall–Kier alpha value is -1.27. The molecule has 0 N–H and O–H groups in total. The second-order valence-corrected chi connectivity index (χ2v) is 9.06. The van der Waals surface area contributed by atoms with E-state index in [9.17, 15) is 13.2 Å². The third kappa shape index (κ3) is 4.42. The lowest BCUT2D eigenvalue weighted by Gasteiger charge is -2.33. The van der Waals surface area contributed by atoms with Crippen LogP contribution in [0.3, 0.4) is 0 Å². The summed E-state index contributed by atoms with van der Waals surface area (Å²) in [5.41, 5.74) is 2.08. The first-order valence-corrected chi connectivity index (χ1v) is 10.3. The maximum absolute atomic E-state index is 12.6. The van der Waals surface area contributed by atoms with Gasteiger partial charge in [0, 0.05) is 13.1 Å². The maximum Gasteiger partial charge on any atom is 0.243 e. The fourth-order valence-corrected chi connectivity index (χ4v) is 4.46. The Bertz CT molecular complexity index is 702. The number of aryl methyl sites for hydroxylation is 2. The number of hydrogen-bond acceptors (Lipinski definition) is 3. The Morgan fingerprint density at radius 2 is 1.88 bits per heavy atom. The third-order valence-corrected chi connectivity index (χ3v) is 5.86. The number of likely N-dealkylation sites (tertiary alicyclic amines) is 1. The summed E-state index contributed by atoms with van der Waals surface area (Å²) in [7, 11) is -3.62. The second-order valence-electron chi connectivity index (χ2n) is 6.75. The fraction of sp³-hybridized carbons (Fsp3) is 0.588. The number of anilines is 1. The van der Waals surface area contributed by atoms with E-state index in [-0.39, 0.29) is 12.5 Å². The number of carbonyl (C=O) groups excluding carboxylic acids is 1. The molecule has 134 valence electrons. The highest BCUT2D eigenvalue weighted by Gasteiger charge is 2.28. The van der Waals surface area contributed by atoms with E-state index < -0.39 is 10.0 Å². The van der Waals surface area contributed by atoms with E-state index in [1.165, 1.54) is 0 Å². The van der Waals surface area contributed by atoms with Crippen LogP contribution in [0, 0.1) is 19.8 Å². The Morgan fingerprint density at radius 3 is 2.38 bits per heavy atom. The van der Waals surface area contributed by atoms with Gasteiger partial charge in [0.25, 0.3) is 0 Å². The zero-order chi connectivity index (χ0) is 18.1. The van der Waals surface area contributed by atoms with Crippen molar-refractivity contribution in [3.63, 3.8) is 0 Å². The molecule has 0 unspecified atom stereocenters. The van der Waals surface area contributed by atoms with E-state index in [0.717, 1.165) is 34.5 Å². The molecule has 24 heavy (non-hydrogen) atoms. The van der Waals surface area contributed by atoms with Crippen molar-refractivity contribution in [3.05, 3.63) is 28.3 Å². The summed E-state index contributed by atoms with van der Waals surface area (Å²) >= 11 is 6.29. The van der Waals surface area contributed by atoms with Gasteiger partial charge in [0.2, 0.25) is 15.9 Å². The average Bonchev–Trinajstić information content (AvgIpc) is 2.44. The number of rotatable bonds is 4. The number of halogens is 1. The molecule has 1 aliphatic heterocycles. The Labute approximate surface area is 149 Å². The van der Waals surface area contributed by atoms with Crippen molar-refractivity contribution in [1.29, 1.82) is 0 Å². The van der Waals surface area contributed by atoms with Gasteiger partial charge in [0.15, 0.2) is 0 Å². The van der Waals surface area contributed by atoms with Crippen LogP contribution in [-0.4, -0.2) is 45.1 Å². The Balaban J connectivity index is 2.30. The highest BCUT2D eigenvalue weighted by atomic mass is 35.5. The summed E-state index contributed by atoms with van der Waals surface area (Å²) in [6.07, 6.45) is 3.01. The predicted octanol–water partition coefficient (Wildman–Crippen LogP) is 2.98. The van der Waals surface area contributed by atoms with Gasteiger partial charge < -0.3 is 4.90 Å². The standard InChI is InChI=1S/C17H25ClN2O3S/c1-12-5-7-19(8-6-12)16(21)11-20(24(4,22)23)17-14(3)9-13(2)10-15(17)18/h9-10,12H,5-8,11H2,1-4H3.